The molecule has 0 saturated heterocycles. The van der Waals surface area contributed by atoms with Gasteiger partial charge in [-0.3, -0.25) is 0 Å². The summed E-state index contributed by atoms with van der Waals surface area (Å²) in [6, 6.07) is 0. The Labute approximate surface area is 129 Å². The predicted octanol–water partition coefficient (Wildman–Crippen LogP) is 1.63. The highest BCUT2D eigenvalue weighted by Gasteiger charge is 2.69. The molecule has 0 aromatic rings. The third-order valence-corrected chi connectivity index (χ3v) is 11.1. The lowest BCUT2D eigenvalue weighted by Crippen LogP contribution is -2.65. The lowest BCUT2D eigenvalue weighted by Gasteiger charge is -2.35. The molecule has 0 bridgehead atoms. The SMILES string of the molecule is CCO[Si](C)(OCC)N(S(=O)(=O)C(F)(F)F)S(=O)(=O)C(F)(F)F. The maximum absolute atomic E-state index is 12.7. The standard InChI is InChI=1S/C7H13F6NO6S2Si/c1-4-19-23(3,20-5-2)14(21(15,16)6(8,9)10)22(17,18)7(11,12)13/h4-5H2,1-3H3. The largest absolute Gasteiger partial charge is 0.512 e. The fourth-order valence-corrected chi connectivity index (χ4v) is 9.46. The molecule has 0 aromatic carbocycles. The van der Waals surface area contributed by atoms with Gasteiger partial charge in [-0.15, -0.1) is 0 Å². The van der Waals surface area contributed by atoms with Crippen LogP contribution in [0.1, 0.15) is 13.8 Å². The van der Waals surface area contributed by atoms with Gasteiger partial charge in [0.2, 0.25) is 0 Å². The molecular weight excluding hydrogens is 400 g/mol. The zero-order chi connectivity index (χ0) is 18.9. The molecule has 16 heteroatoms. The molecule has 0 unspecified atom stereocenters. The van der Waals surface area contributed by atoms with Gasteiger partial charge in [0.05, 0.1) is 0 Å². The summed E-state index contributed by atoms with van der Waals surface area (Å²) in [5.41, 5.74) is -12.6. The van der Waals surface area contributed by atoms with E-state index in [2.05, 4.69) is 8.85 Å². The van der Waals surface area contributed by atoms with Crippen molar-refractivity contribution in [1.82, 2.24) is 3.38 Å². The van der Waals surface area contributed by atoms with E-state index in [1.54, 1.807) is 0 Å². The molecule has 0 amide bonds. The first-order valence-corrected chi connectivity index (χ1v) is 10.8. The van der Waals surface area contributed by atoms with Crippen LogP contribution in [0.4, 0.5) is 26.3 Å². The quantitative estimate of drug-likeness (QED) is 0.466. The van der Waals surface area contributed by atoms with Crippen LogP contribution in [0, 0.1) is 0 Å². The maximum atomic E-state index is 12.7. The highest BCUT2D eigenvalue weighted by atomic mass is 32.3. The molecule has 0 aromatic heterocycles. The van der Waals surface area contributed by atoms with Crippen molar-refractivity contribution < 1.29 is 52.0 Å². The summed E-state index contributed by atoms with van der Waals surface area (Å²) in [6.07, 6.45) is 0. The lowest BCUT2D eigenvalue weighted by molar-refractivity contribution is -0.0526. The average molecular weight is 413 g/mol. The fourth-order valence-electron chi connectivity index (χ4n) is 1.44. The van der Waals surface area contributed by atoms with Gasteiger partial charge >= 0.3 is 39.8 Å². The highest BCUT2D eigenvalue weighted by molar-refractivity contribution is 8.06. The Hall–Kier alpha value is -0.423. The van der Waals surface area contributed by atoms with E-state index >= 15 is 0 Å². The van der Waals surface area contributed by atoms with E-state index in [0.717, 1.165) is 13.8 Å². The van der Waals surface area contributed by atoms with Crippen LogP contribution in [0.25, 0.3) is 0 Å². The third-order valence-electron chi connectivity index (χ3n) is 2.18. The number of nitrogens with zero attached hydrogens (tertiary/aromatic N) is 1. The molecule has 23 heavy (non-hydrogen) atoms. The summed E-state index contributed by atoms with van der Waals surface area (Å²) in [4.78, 5) is 0. The highest BCUT2D eigenvalue weighted by Crippen LogP contribution is 2.39. The lowest BCUT2D eigenvalue weighted by atomic mass is 10.9. The first-order chi connectivity index (χ1) is 9.99. The van der Waals surface area contributed by atoms with Crippen molar-refractivity contribution in [2.24, 2.45) is 0 Å². The average Bonchev–Trinajstić information content (AvgIpc) is 2.24. The van der Waals surface area contributed by atoms with Crippen molar-refractivity contribution in [3.63, 3.8) is 0 Å². The van der Waals surface area contributed by atoms with Crippen LogP contribution < -0.4 is 0 Å². The Kier molecular flexibility index (Phi) is 6.70. The number of hydrogen-bond donors (Lipinski definition) is 0. The third kappa shape index (κ3) is 4.35. The number of alkyl halides is 6. The molecule has 7 nitrogen and oxygen atoms in total. The Morgan fingerprint density at radius 1 is 0.826 bits per heavy atom. The van der Waals surface area contributed by atoms with E-state index in [1.807, 2.05) is 0 Å². The number of hydrogen-bond acceptors (Lipinski definition) is 6. The van der Waals surface area contributed by atoms with Crippen LogP contribution in [0.2, 0.25) is 6.55 Å². The number of sulfonamides is 2. The zero-order valence-electron chi connectivity index (χ0n) is 11.9. The summed E-state index contributed by atoms with van der Waals surface area (Å²) >= 11 is 0. The molecule has 0 aliphatic heterocycles. The van der Waals surface area contributed by atoms with Crippen molar-refractivity contribution in [3.8, 4) is 0 Å². The second-order valence-electron chi connectivity index (χ2n) is 3.86. The first kappa shape index (κ1) is 22.6. The fraction of sp³-hybridized carbons (Fsp3) is 1.00. The van der Waals surface area contributed by atoms with Gasteiger partial charge in [-0.05, 0) is 20.4 Å². The van der Waals surface area contributed by atoms with Gasteiger partial charge in [-0.1, -0.05) is 3.38 Å². The summed E-state index contributed by atoms with van der Waals surface area (Å²) in [5.74, 6) is 0. The van der Waals surface area contributed by atoms with Crippen LogP contribution in [-0.4, -0.2) is 53.2 Å². The minimum atomic E-state index is -6.94. The Morgan fingerprint density at radius 2 is 1.09 bits per heavy atom. The van der Waals surface area contributed by atoms with Crippen LogP contribution in [-0.2, 0) is 28.9 Å². The topological polar surface area (TPSA) is 90.0 Å². The maximum Gasteiger partial charge on any atom is 0.512 e. The van der Waals surface area contributed by atoms with E-state index < -0.39 is 56.4 Å². The van der Waals surface area contributed by atoms with Crippen LogP contribution in [0.15, 0.2) is 0 Å². The monoisotopic (exact) mass is 413 g/mol. The van der Waals surface area contributed by atoms with E-state index in [1.165, 1.54) is 0 Å². The van der Waals surface area contributed by atoms with Gasteiger partial charge < -0.3 is 8.85 Å². The molecule has 0 spiro atoms. The smallest absolute Gasteiger partial charge is 0.382 e. The van der Waals surface area contributed by atoms with Crippen molar-refractivity contribution in [1.29, 1.82) is 0 Å². The Morgan fingerprint density at radius 3 is 1.26 bits per heavy atom. The van der Waals surface area contributed by atoms with E-state index in [9.17, 15) is 43.2 Å². The molecule has 0 fully saturated rings. The molecule has 0 aliphatic carbocycles. The van der Waals surface area contributed by atoms with E-state index in [0.29, 0.717) is 6.55 Å². The van der Waals surface area contributed by atoms with Crippen LogP contribution in [0.5, 0.6) is 0 Å². The molecule has 0 radical (unpaired) electrons. The second kappa shape index (κ2) is 6.83. The second-order valence-corrected chi connectivity index (χ2v) is 11.1. The minimum Gasteiger partial charge on any atom is -0.382 e. The Bertz CT molecular complexity index is 564. The molecule has 0 atom stereocenters. The molecule has 140 valence electrons. The van der Waals surface area contributed by atoms with Crippen molar-refractivity contribution in [2.75, 3.05) is 13.2 Å². The van der Waals surface area contributed by atoms with E-state index in [-0.39, 0.29) is 0 Å². The van der Waals surface area contributed by atoms with Crippen molar-refractivity contribution >= 4 is 28.8 Å². The normalized spacial score (nSPS) is 15.2. The van der Waals surface area contributed by atoms with Crippen LogP contribution in [0.3, 0.4) is 0 Å². The van der Waals surface area contributed by atoms with Gasteiger partial charge in [0, 0.05) is 13.2 Å². The minimum absolute atomic E-state index is 0.451. The summed E-state index contributed by atoms with van der Waals surface area (Å²) < 4.78 is 129. The van der Waals surface area contributed by atoms with E-state index in [4.69, 9.17) is 0 Å². The van der Waals surface area contributed by atoms with Crippen molar-refractivity contribution in [3.05, 3.63) is 0 Å². The first-order valence-electron chi connectivity index (χ1n) is 5.70. The van der Waals surface area contributed by atoms with Gasteiger partial charge in [0.1, 0.15) is 0 Å². The summed E-state index contributed by atoms with van der Waals surface area (Å²) in [7, 11) is -19.0. The molecule has 0 saturated carbocycles. The number of rotatable bonds is 7. The van der Waals surface area contributed by atoms with Gasteiger partial charge in [-0.2, -0.15) is 26.3 Å². The molecule has 0 aliphatic rings. The van der Waals surface area contributed by atoms with Crippen LogP contribution >= 0.6 is 0 Å². The van der Waals surface area contributed by atoms with Crippen molar-refractivity contribution in [2.45, 2.75) is 31.4 Å². The zero-order valence-corrected chi connectivity index (χ0v) is 14.5. The number of halogens is 6. The molecule has 0 heterocycles. The van der Waals surface area contributed by atoms with Gasteiger partial charge in [-0.25, -0.2) is 16.8 Å². The predicted molar refractivity (Wildman–Crippen MR) is 66.7 cm³/mol. The molecule has 0 N–H and O–H groups in total. The molecule has 0 rings (SSSR count). The summed E-state index contributed by atoms with van der Waals surface area (Å²) in [5, 5.41) is 0. The van der Waals surface area contributed by atoms with Gasteiger partial charge in [0.25, 0.3) is 0 Å². The molecular formula is C7H13F6NO6S2Si. The van der Waals surface area contributed by atoms with Gasteiger partial charge in [0.15, 0.2) is 0 Å². The summed E-state index contributed by atoms with van der Waals surface area (Å²) in [6.45, 7) is 1.51. The Balaban J connectivity index is 6.70.